The molecule has 0 amide bonds. The van der Waals surface area contributed by atoms with Crippen molar-refractivity contribution >= 4 is 33.1 Å². The lowest BCUT2D eigenvalue weighted by atomic mass is 10.2. The molecule has 2 rings (SSSR count). The summed E-state index contributed by atoms with van der Waals surface area (Å²) >= 11 is 5.17. The van der Waals surface area contributed by atoms with Gasteiger partial charge >= 0.3 is 0 Å². The minimum Gasteiger partial charge on any atom is -0.369 e. The predicted molar refractivity (Wildman–Crippen MR) is 83.6 cm³/mol. The van der Waals surface area contributed by atoms with Crippen molar-refractivity contribution in [2.24, 2.45) is 0 Å². The van der Waals surface area contributed by atoms with Gasteiger partial charge in [-0.2, -0.15) is 0 Å². The van der Waals surface area contributed by atoms with Crippen LogP contribution in [0.5, 0.6) is 0 Å². The summed E-state index contributed by atoms with van der Waals surface area (Å²) in [5.74, 6) is 1.64. The topological polar surface area (TPSA) is 50.7 Å². The fourth-order valence-electron chi connectivity index (χ4n) is 1.69. The molecule has 19 heavy (non-hydrogen) atoms. The van der Waals surface area contributed by atoms with Crippen LogP contribution >= 0.6 is 27.3 Å². The van der Waals surface area contributed by atoms with E-state index in [4.69, 9.17) is 0 Å². The van der Waals surface area contributed by atoms with Crippen molar-refractivity contribution in [1.29, 1.82) is 0 Å². The summed E-state index contributed by atoms with van der Waals surface area (Å²) in [6.07, 6.45) is 4.88. The van der Waals surface area contributed by atoms with Gasteiger partial charge in [0.1, 0.15) is 5.82 Å². The highest BCUT2D eigenvalue weighted by molar-refractivity contribution is 9.10. The number of anilines is 1. The van der Waals surface area contributed by atoms with E-state index in [1.54, 1.807) is 16.8 Å². The Labute approximate surface area is 125 Å². The fourth-order valence-corrected chi connectivity index (χ4v) is 2.76. The largest absolute Gasteiger partial charge is 0.369 e. The predicted octanol–water partition coefficient (Wildman–Crippen LogP) is 4.14. The summed E-state index contributed by atoms with van der Waals surface area (Å²) in [4.78, 5) is 14.3. The second-order valence-corrected chi connectivity index (χ2v) is 5.88. The average Bonchev–Trinajstić information content (AvgIpc) is 2.94. The second kappa shape index (κ2) is 6.96. The third-order valence-corrected chi connectivity index (χ3v) is 4.20. The molecule has 0 aliphatic rings. The molecule has 102 valence electrons. The number of rotatable bonds is 6. The lowest BCUT2D eigenvalue weighted by Crippen LogP contribution is -2.07. The number of nitrogens with zero attached hydrogens (tertiary/aromatic N) is 3. The van der Waals surface area contributed by atoms with Gasteiger partial charge in [-0.05, 0) is 28.8 Å². The van der Waals surface area contributed by atoms with Crippen LogP contribution < -0.4 is 5.32 Å². The van der Waals surface area contributed by atoms with Crippen LogP contribution in [-0.4, -0.2) is 21.5 Å². The molecule has 0 atom stereocenters. The maximum atomic E-state index is 4.65. The van der Waals surface area contributed by atoms with Gasteiger partial charge in [0.25, 0.3) is 0 Å². The number of hydrogen-bond donors (Lipinski definition) is 1. The van der Waals surface area contributed by atoms with Crippen molar-refractivity contribution in [2.75, 3.05) is 11.9 Å². The van der Waals surface area contributed by atoms with E-state index in [9.17, 15) is 0 Å². The molecule has 0 aliphatic carbocycles. The molecule has 6 heteroatoms. The summed E-state index contributed by atoms with van der Waals surface area (Å²) < 4.78 is 0.982. The van der Waals surface area contributed by atoms with Gasteiger partial charge in [0, 0.05) is 12.7 Å². The molecule has 0 radical (unpaired) electrons. The number of nitrogens with one attached hydrogen (secondary N) is 1. The van der Waals surface area contributed by atoms with Gasteiger partial charge in [0.2, 0.25) is 0 Å². The van der Waals surface area contributed by atoms with Crippen LogP contribution in [0.2, 0.25) is 0 Å². The molecule has 0 aromatic carbocycles. The van der Waals surface area contributed by atoms with Crippen LogP contribution in [0.15, 0.2) is 16.2 Å². The Morgan fingerprint density at radius 1 is 1.26 bits per heavy atom. The van der Waals surface area contributed by atoms with E-state index in [0.29, 0.717) is 0 Å². The summed E-state index contributed by atoms with van der Waals surface area (Å²) in [6.45, 7) is 5.20. The number of aryl methyl sites for hydroxylation is 1. The van der Waals surface area contributed by atoms with Crippen LogP contribution in [-0.2, 0) is 6.42 Å². The number of thiazole rings is 1. The van der Waals surface area contributed by atoms with Gasteiger partial charge in [0.15, 0.2) is 5.82 Å². The highest BCUT2D eigenvalue weighted by Gasteiger charge is 2.13. The van der Waals surface area contributed by atoms with E-state index < -0.39 is 0 Å². The Kier molecular flexibility index (Phi) is 5.27. The van der Waals surface area contributed by atoms with Crippen molar-refractivity contribution in [2.45, 2.75) is 33.1 Å². The first-order chi connectivity index (χ1) is 9.26. The average molecular weight is 341 g/mol. The molecule has 2 aromatic heterocycles. The third-order valence-electron chi connectivity index (χ3n) is 2.60. The molecule has 2 heterocycles. The summed E-state index contributed by atoms with van der Waals surface area (Å²) in [7, 11) is 0. The van der Waals surface area contributed by atoms with Crippen LogP contribution in [0.3, 0.4) is 0 Å². The third kappa shape index (κ3) is 3.51. The van der Waals surface area contributed by atoms with Gasteiger partial charge in [0.05, 0.1) is 20.6 Å². The first-order valence-electron chi connectivity index (χ1n) is 6.45. The zero-order chi connectivity index (χ0) is 13.7. The van der Waals surface area contributed by atoms with E-state index in [0.717, 1.165) is 52.5 Å². The van der Waals surface area contributed by atoms with Crippen molar-refractivity contribution in [1.82, 2.24) is 15.0 Å². The van der Waals surface area contributed by atoms with E-state index in [2.05, 4.69) is 50.0 Å². The highest BCUT2D eigenvalue weighted by atomic mass is 79.9. The molecular weight excluding hydrogens is 324 g/mol. The maximum Gasteiger partial charge on any atom is 0.173 e. The molecule has 0 saturated carbocycles. The van der Waals surface area contributed by atoms with Gasteiger partial charge in [-0.1, -0.05) is 20.3 Å². The SMILES string of the molecule is CCCNc1nc(-c2cncs2)nc(CCC)c1Br. The second-order valence-electron chi connectivity index (χ2n) is 4.20. The van der Waals surface area contributed by atoms with Gasteiger partial charge in [-0.25, -0.2) is 9.97 Å². The summed E-state index contributed by atoms with van der Waals surface area (Å²) in [5, 5.41) is 3.35. The van der Waals surface area contributed by atoms with Crippen LogP contribution in [0.4, 0.5) is 5.82 Å². The first kappa shape index (κ1) is 14.4. The van der Waals surface area contributed by atoms with Crippen LogP contribution in [0, 0.1) is 0 Å². The Hall–Kier alpha value is -1.01. The van der Waals surface area contributed by atoms with Crippen LogP contribution in [0.25, 0.3) is 10.7 Å². The molecule has 0 unspecified atom stereocenters. The molecule has 0 aliphatic heterocycles. The zero-order valence-corrected chi connectivity index (χ0v) is 13.5. The fraction of sp³-hybridized carbons (Fsp3) is 0.462. The van der Waals surface area contributed by atoms with Crippen molar-refractivity contribution < 1.29 is 0 Å². The normalized spacial score (nSPS) is 10.7. The lowest BCUT2D eigenvalue weighted by molar-refractivity contribution is 0.865. The van der Waals surface area contributed by atoms with E-state index in [-0.39, 0.29) is 0 Å². The lowest BCUT2D eigenvalue weighted by Gasteiger charge is -2.11. The molecular formula is C13H17BrN4S. The van der Waals surface area contributed by atoms with E-state index >= 15 is 0 Å². The maximum absolute atomic E-state index is 4.65. The van der Waals surface area contributed by atoms with Gasteiger partial charge < -0.3 is 5.32 Å². The molecule has 0 bridgehead atoms. The van der Waals surface area contributed by atoms with Crippen LogP contribution in [0.1, 0.15) is 32.4 Å². The van der Waals surface area contributed by atoms with Crippen molar-refractivity contribution in [3.8, 4) is 10.7 Å². The van der Waals surface area contributed by atoms with Gasteiger partial charge in [-0.3, -0.25) is 4.98 Å². The minimum atomic E-state index is 0.757. The smallest absolute Gasteiger partial charge is 0.173 e. The monoisotopic (exact) mass is 340 g/mol. The summed E-state index contributed by atoms with van der Waals surface area (Å²) in [5.41, 5.74) is 2.86. The molecule has 1 N–H and O–H groups in total. The molecule has 4 nitrogen and oxygen atoms in total. The first-order valence-corrected chi connectivity index (χ1v) is 8.12. The molecule has 0 fully saturated rings. The van der Waals surface area contributed by atoms with Gasteiger partial charge in [-0.15, -0.1) is 11.3 Å². The Morgan fingerprint density at radius 2 is 2.11 bits per heavy atom. The Morgan fingerprint density at radius 3 is 2.74 bits per heavy atom. The molecule has 0 spiro atoms. The van der Waals surface area contributed by atoms with E-state index in [1.165, 1.54) is 0 Å². The number of hydrogen-bond acceptors (Lipinski definition) is 5. The highest BCUT2D eigenvalue weighted by Crippen LogP contribution is 2.29. The quantitative estimate of drug-likeness (QED) is 0.858. The number of halogens is 1. The molecule has 0 saturated heterocycles. The Bertz CT molecular complexity index is 528. The zero-order valence-electron chi connectivity index (χ0n) is 11.1. The summed E-state index contributed by atoms with van der Waals surface area (Å²) in [6, 6.07) is 0. The van der Waals surface area contributed by atoms with Crippen molar-refractivity contribution in [3.63, 3.8) is 0 Å². The standard InChI is InChI=1S/C13H17BrN4S/c1-3-5-9-11(14)13(16-6-4-2)18-12(17-9)10-7-15-8-19-10/h7-8H,3-6H2,1-2H3,(H,16,17,18). The minimum absolute atomic E-state index is 0.757. The number of aromatic nitrogens is 3. The van der Waals surface area contributed by atoms with Crippen molar-refractivity contribution in [3.05, 3.63) is 21.9 Å². The Balaban J connectivity index is 2.41. The van der Waals surface area contributed by atoms with E-state index in [1.807, 2.05) is 6.20 Å². The molecule has 2 aromatic rings.